The molecule has 152 valence electrons. The quantitative estimate of drug-likeness (QED) is 0.747. The van der Waals surface area contributed by atoms with Gasteiger partial charge in [0, 0.05) is 18.5 Å². The second kappa shape index (κ2) is 8.18. The predicted octanol–water partition coefficient (Wildman–Crippen LogP) is 1.92. The van der Waals surface area contributed by atoms with E-state index in [2.05, 4.69) is 0 Å². The van der Waals surface area contributed by atoms with E-state index in [1.807, 2.05) is 30.3 Å². The number of urea groups is 2. The van der Waals surface area contributed by atoms with Gasteiger partial charge in [-0.3, -0.25) is 4.79 Å². The van der Waals surface area contributed by atoms with Gasteiger partial charge in [0.2, 0.25) is 0 Å². The third kappa shape index (κ3) is 3.69. The summed E-state index contributed by atoms with van der Waals surface area (Å²) in [6.45, 7) is 0.301. The van der Waals surface area contributed by atoms with E-state index in [9.17, 15) is 14.4 Å². The minimum Gasteiger partial charge on any atom is -0.469 e. The van der Waals surface area contributed by atoms with Crippen LogP contribution in [0.25, 0.3) is 0 Å². The third-order valence-electron chi connectivity index (χ3n) is 5.98. The highest BCUT2D eigenvalue weighted by molar-refractivity contribution is 5.96. The number of hydrogen-bond donors (Lipinski definition) is 2. The summed E-state index contributed by atoms with van der Waals surface area (Å²) < 4.78 is 4.78. The lowest BCUT2D eigenvalue weighted by atomic mass is 9.84. The van der Waals surface area contributed by atoms with Crippen molar-refractivity contribution in [3.05, 3.63) is 35.9 Å². The fourth-order valence-corrected chi connectivity index (χ4v) is 4.45. The monoisotopic (exact) mass is 388 g/mol. The van der Waals surface area contributed by atoms with Crippen LogP contribution in [0.15, 0.2) is 30.3 Å². The maximum Gasteiger partial charge on any atom is 0.329 e. The van der Waals surface area contributed by atoms with Crippen molar-refractivity contribution >= 4 is 18.0 Å². The van der Waals surface area contributed by atoms with Gasteiger partial charge in [0.25, 0.3) is 0 Å². The molecule has 1 saturated carbocycles. The summed E-state index contributed by atoms with van der Waals surface area (Å²) >= 11 is 0. The highest BCUT2D eigenvalue weighted by Gasteiger charge is 2.54. The number of methoxy groups -OCH3 is 1. The molecular formula is C20H28N4O4. The van der Waals surface area contributed by atoms with Gasteiger partial charge in [-0.1, -0.05) is 30.3 Å². The van der Waals surface area contributed by atoms with Crippen molar-refractivity contribution in [2.75, 3.05) is 13.7 Å². The van der Waals surface area contributed by atoms with Crippen LogP contribution in [-0.4, -0.2) is 53.6 Å². The van der Waals surface area contributed by atoms with Gasteiger partial charge in [-0.15, -0.1) is 0 Å². The van der Waals surface area contributed by atoms with Crippen LogP contribution < -0.4 is 11.5 Å². The van der Waals surface area contributed by atoms with E-state index >= 15 is 0 Å². The van der Waals surface area contributed by atoms with Gasteiger partial charge in [0.05, 0.1) is 19.2 Å². The smallest absolute Gasteiger partial charge is 0.329 e. The first-order valence-corrected chi connectivity index (χ1v) is 9.67. The molecule has 2 fully saturated rings. The molecule has 0 aromatic heterocycles. The Kier molecular flexibility index (Phi) is 5.88. The van der Waals surface area contributed by atoms with Crippen LogP contribution in [0.5, 0.6) is 0 Å². The SMILES string of the molecule is COC(=O)CCC1(c2ccccc2)CN(C2CCC(N)CC2)C(=O)N1C(N)=O. The number of imide groups is 1. The van der Waals surface area contributed by atoms with Crippen molar-refractivity contribution in [3.8, 4) is 0 Å². The number of carbonyl (C=O) groups excluding carboxylic acids is 3. The van der Waals surface area contributed by atoms with Crippen molar-refractivity contribution in [2.45, 2.75) is 56.1 Å². The molecule has 1 aromatic carbocycles. The second-order valence-electron chi connectivity index (χ2n) is 7.63. The Morgan fingerprint density at radius 3 is 2.39 bits per heavy atom. The van der Waals surface area contributed by atoms with E-state index in [4.69, 9.17) is 16.2 Å². The molecule has 8 heteroatoms. The number of rotatable bonds is 5. The topological polar surface area (TPSA) is 119 Å². The lowest BCUT2D eigenvalue weighted by Gasteiger charge is -2.35. The van der Waals surface area contributed by atoms with Crippen LogP contribution in [0.4, 0.5) is 9.59 Å². The Morgan fingerprint density at radius 1 is 1.18 bits per heavy atom. The fourth-order valence-electron chi connectivity index (χ4n) is 4.45. The van der Waals surface area contributed by atoms with Gasteiger partial charge in [-0.05, 0) is 37.7 Å². The molecule has 1 unspecified atom stereocenters. The van der Waals surface area contributed by atoms with Crippen LogP contribution in [-0.2, 0) is 15.1 Å². The predicted molar refractivity (Wildman–Crippen MR) is 103 cm³/mol. The summed E-state index contributed by atoms with van der Waals surface area (Å²) in [7, 11) is 1.32. The molecule has 1 aliphatic heterocycles. The lowest BCUT2D eigenvalue weighted by molar-refractivity contribution is -0.141. The van der Waals surface area contributed by atoms with Gasteiger partial charge >= 0.3 is 18.0 Å². The normalized spacial score (nSPS) is 27.7. The third-order valence-corrected chi connectivity index (χ3v) is 5.98. The van der Waals surface area contributed by atoms with Crippen LogP contribution in [0.2, 0.25) is 0 Å². The molecule has 1 aromatic rings. The summed E-state index contributed by atoms with van der Waals surface area (Å²) in [5.74, 6) is -0.394. The zero-order chi connectivity index (χ0) is 20.3. The van der Waals surface area contributed by atoms with Crippen LogP contribution in [0.3, 0.4) is 0 Å². The summed E-state index contributed by atoms with van der Waals surface area (Å²) in [4.78, 5) is 40.3. The number of ether oxygens (including phenoxy) is 1. The van der Waals surface area contributed by atoms with E-state index in [1.54, 1.807) is 4.90 Å². The lowest BCUT2D eigenvalue weighted by Crippen LogP contribution is -2.51. The Labute approximate surface area is 164 Å². The fraction of sp³-hybridized carbons (Fsp3) is 0.550. The number of hydrogen-bond acceptors (Lipinski definition) is 5. The minimum absolute atomic E-state index is 0.0119. The summed E-state index contributed by atoms with van der Waals surface area (Å²) in [6, 6.07) is 8.24. The number of amides is 4. The van der Waals surface area contributed by atoms with E-state index in [1.165, 1.54) is 7.11 Å². The van der Waals surface area contributed by atoms with Crippen molar-refractivity contribution in [3.63, 3.8) is 0 Å². The zero-order valence-corrected chi connectivity index (χ0v) is 16.2. The molecule has 4 N–H and O–H groups in total. The Hall–Kier alpha value is -2.61. The Balaban J connectivity index is 1.98. The van der Waals surface area contributed by atoms with Gasteiger partial charge in [0.1, 0.15) is 0 Å². The highest BCUT2D eigenvalue weighted by atomic mass is 16.5. The summed E-state index contributed by atoms with van der Waals surface area (Å²) in [6.07, 6.45) is 3.59. The van der Waals surface area contributed by atoms with Gasteiger partial charge in [-0.2, -0.15) is 0 Å². The number of esters is 1. The summed E-state index contributed by atoms with van der Waals surface area (Å²) in [5, 5.41) is 0. The zero-order valence-electron chi connectivity index (χ0n) is 16.2. The molecule has 2 aliphatic rings. The van der Waals surface area contributed by atoms with Gasteiger partial charge in [0.15, 0.2) is 0 Å². The first kappa shape index (κ1) is 20.1. The largest absolute Gasteiger partial charge is 0.469 e. The van der Waals surface area contributed by atoms with Gasteiger partial charge in [-0.25, -0.2) is 14.5 Å². The van der Waals surface area contributed by atoms with E-state index in [-0.39, 0.29) is 24.9 Å². The molecule has 1 saturated heterocycles. The average Bonchev–Trinajstić information content (AvgIpc) is 3.01. The molecule has 0 spiro atoms. The molecule has 28 heavy (non-hydrogen) atoms. The first-order valence-electron chi connectivity index (χ1n) is 9.67. The highest BCUT2D eigenvalue weighted by Crippen LogP contribution is 2.42. The Morgan fingerprint density at radius 2 is 1.82 bits per heavy atom. The maximum absolute atomic E-state index is 13.2. The minimum atomic E-state index is -1.00. The van der Waals surface area contributed by atoms with Crippen molar-refractivity contribution < 1.29 is 19.1 Å². The van der Waals surface area contributed by atoms with Crippen molar-refractivity contribution in [1.82, 2.24) is 9.80 Å². The van der Waals surface area contributed by atoms with E-state index < -0.39 is 23.6 Å². The van der Waals surface area contributed by atoms with Crippen LogP contribution in [0, 0.1) is 0 Å². The molecule has 0 bridgehead atoms. The molecule has 1 aliphatic carbocycles. The number of carbonyl (C=O) groups is 3. The second-order valence-corrected chi connectivity index (χ2v) is 7.63. The molecule has 0 radical (unpaired) electrons. The Bertz CT molecular complexity index is 733. The van der Waals surface area contributed by atoms with E-state index in [0.717, 1.165) is 36.1 Å². The van der Waals surface area contributed by atoms with Crippen LogP contribution in [0.1, 0.15) is 44.1 Å². The number of nitrogens with zero attached hydrogens (tertiary/aromatic N) is 2. The molecule has 1 heterocycles. The average molecular weight is 388 g/mol. The molecule has 3 rings (SSSR count). The number of primary amides is 1. The standard InChI is InChI=1S/C20H28N4O4/c1-28-17(25)11-12-20(14-5-3-2-4-6-14)13-23(19(27)24(20)18(22)26)16-9-7-15(21)8-10-16/h2-6,15-16H,7-13,21H2,1H3,(H2,22,26). The van der Waals surface area contributed by atoms with Gasteiger partial charge < -0.3 is 21.1 Å². The maximum atomic E-state index is 13.2. The van der Waals surface area contributed by atoms with Crippen LogP contribution >= 0.6 is 0 Å². The first-order chi connectivity index (χ1) is 13.4. The molecule has 4 amide bonds. The molecule has 8 nitrogen and oxygen atoms in total. The van der Waals surface area contributed by atoms with Crippen molar-refractivity contribution in [2.24, 2.45) is 11.5 Å². The molecular weight excluding hydrogens is 360 g/mol. The number of benzene rings is 1. The number of nitrogens with two attached hydrogens (primary N) is 2. The summed E-state index contributed by atoms with van der Waals surface area (Å²) in [5.41, 5.74) is 11.4. The molecule has 1 atom stereocenters. The van der Waals surface area contributed by atoms with Crippen molar-refractivity contribution in [1.29, 1.82) is 0 Å². The van der Waals surface area contributed by atoms with E-state index in [0.29, 0.717) is 6.54 Å².